The van der Waals surface area contributed by atoms with E-state index in [2.05, 4.69) is 0 Å². The van der Waals surface area contributed by atoms with E-state index in [0.29, 0.717) is 22.7 Å². The Hall–Kier alpha value is -4.15. The fraction of sp³-hybridized carbons (Fsp3) is 0.0667. The highest BCUT2D eigenvalue weighted by Gasteiger charge is 2.32. The molecule has 1 heterocycles. The van der Waals surface area contributed by atoms with E-state index in [4.69, 9.17) is 16.3 Å². The number of rotatable bonds is 5. The third-order valence-corrected chi connectivity index (χ3v) is 6.32. The average molecular weight is 480 g/mol. The number of anilines is 1. The second-order valence-corrected chi connectivity index (χ2v) is 8.69. The van der Waals surface area contributed by atoms with Crippen LogP contribution in [0.15, 0.2) is 97.1 Å². The summed E-state index contributed by atoms with van der Waals surface area (Å²) in [6.45, 7) is 0.344. The van der Waals surface area contributed by atoms with Crippen LogP contribution in [-0.2, 0) is 16.1 Å². The maximum absolute atomic E-state index is 13.7. The van der Waals surface area contributed by atoms with E-state index in [1.54, 1.807) is 23.1 Å². The molecular weight excluding hydrogens is 458 g/mol. The van der Waals surface area contributed by atoms with Crippen molar-refractivity contribution < 1.29 is 14.3 Å². The quantitative estimate of drug-likeness (QED) is 0.231. The Bertz CT molecular complexity index is 1460. The topological polar surface area (TPSA) is 46.6 Å². The van der Waals surface area contributed by atoms with Gasteiger partial charge in [0, 0.05) is 16.2 Å². The van der Waals surface area contributed by atoms with Crippen LogP contribution in [0.2, 0.25) is 5.02 Å². The normalized spacial score (nSPS) is 13.7. The molecule has 0 saturated heterocycles. The van der Waals surface area contributed by atoms with Crippen LogP contribution < -0.4 is 4.90 Å². The van der Waals surface area contributed by atoms with E-state index in [-0.39, 0.29) is 5.91 Å². The zero-order valence-electron chi connectivity index (χ0n) is 19.1. The lowest BCUT2D eigenvalue weighted by molar-refractivity contribution is -0.113. The van der Waals surface area contributed by atoms with Gasteiger partial charge >= 0.3 is 5.97 Å². The summed E-state index contributed by atoms with van der Waals surface area (Å²) in [5, 5.41) is 0.677. The molecule has 4 aromatic carbocycles. The minimum Gasteiger partial charge on any atom is -0.465 e. The Kier molecular flexibility index (Phi) is 6.21. The largest absolute Gasteiger partial charge is 0.465 e. The van der Waals surface area contributed by atoms with Gasteiger partial charge in [-0.15, -0.1) is 0 Å². The van der Waals surface area contributed by atoms with Gasteiger partial charge in [-0.25, -0.2) is 4.79 Å². The van der Waals surface area contributed by atoms with E-state index in [1.807, 2.05) is 84.9 Å². The van der Waals surface area contributed by atoms with Gasteiger partial charge < -0.3 is 9.64 Å². The first kappa shape index (κ1) is 22.6. The van der Waals surface area contributed by atoms with Crippen LogP contribution in [0.3, 0.4) is 0 Å². The predicted octanol–water partition coefficient (Wildman–Crippen LogP) is 6.88. The first-order valence-electron chi connectivity index (χ1n) is 11.2. The number of ether oxygens (including phenoxy) is 1. The number of halogens is 1. The van der Waals surface area contributed by atoms with Gasteiger partial charge in [-0.2, -0.15) is 0 Å². The summed E-state index contributed by atoms with van der Waals surface area (Å²) < 4.78 is 4.84. The smallest absolute Gasteiger partial charge is 0.337 e. The number of hydrogen-bond acceptors (Lipinski definition) is 3. The molecule has 0 aromatic heterocycles. The second kappa shape index (κ2) is 9.61. The van der Waals surface area contributed by atoms with Crippen molar-refractivity contribution in [1.82, 2.24) is 0 Å². The first-order valence-corrected chi connectivity index (χ1v) is 11.6. The van der Waals surface area contributed by atoms with Crippen molar-refractivity contribution in [2.45, 2.75) is 6.54 Å². The van der Waals surface area contributed by atoms with Gasteiger partial charge in [0.2, 0.25) is 0 Å². The molecule has 0 N–H and O–H groups in total. The number of carbonyl (C=O) groups is 2. The van der Waals surface area contributed by atoms with Crippen molar-refractivity contribution >= 4 is 40.8 Å². The summed E-state index contributed by atoms with van der Waals surface area (Å²) in [4.78, 5) is 27.4. The Balaban J connectivity index is 1.54. The van der Waals surface area contributed by atoms with Gasteiger partial charge in [0.1, 0.15) is 0 Å². The molecule has 0 atom stereocenters. The number of amides is 1. The minimum atomic E-state index is -0.403. The summed E-state index contributed by atoms with van der Waals surface area (Å²) in [6.07, 6.45) is 1.95. The highest BCUT2D eigenvalue weighted by Crippen LogP contribution is 2.39. The lowest BCUT2D eigenvalue weighted by atomic mass is 9.96. The molecule has 35 heavy (non-hydrogen) atoms. The van der Waals surface area contributed by atoms with Crippen molar-refractivity contribution in [3.8, 4) is 11.1 Å². The molecule has 5 rings (SSSR count). The average Bonchev–Trinajstić information content (AvgIpc) is 3.15. The number of carbonyl (C=O) groups excluding carboxylic acids is 2. The van der Waals surface area contributed by atoms with Gasteiger partial charge in [-0.1, -0.05) is 78.3 Å². The molecular formula is C30H22ClNO3. The summed E-state index contributed by atoms with van der Waals surface area (Å²) >= 11 is 6.08. The van der Waals surface area contributed by atoms with Crippen LogP contribution in [0.1, 0.15) is 27.0 Å². The van der Waals surface area contributed by atoms with Crippen LogP contribution in [0.5, 0.6) is 0 Å². The van der Waals surface area contributed by atoms with Crippen LogP contribution in [0.4, 0.5) is 5.69 Å². The third-order valence-electron chi connectivity index (χ3n) is 6.07. The number of benzene rings is 4. The van der Waals surface area contributed by atoms with E-state index in [9.17, 15) is 9.59 Å². The van der Waals surface area contributed by atoms with Gasteiger partial charge in [-0.3, -0.25) is 4.79 Å². The number of fused-ring (bicyclic) bond motifs is 1. The molecule has 1 amide bonds. The van der Waals surface area contributed by atoms with Gasteiger partial charge in [0.05, 0.1) is 24.9 Å². The van der Waals surface area contributed by atoms with Gasteiger partial charge in [0.25, 0.3) is 5.91 Å². The summed E-state index contributed by atoms with van der Waals surface area (Å²) in [5.74, 6) is -0.486. The second-order valence-electron chi connectivity index (χ2n) is 8.25. The van der Waals surface area contributed by atoms with Crippen molar-refractivity contribution in [2.75, 3.05) is 12.0 Å². The van der Waals surface area contributed by atoms with Crippen LogP contribution in [0.25, 0.3) is 22.8 Å². The van der Waals surface area contributed by atoms with E-state index in [0.717, 1.165) is 33.5 Å². The lowest BCUT2D eigenvalue weighted by Gasteiger charge is -2.17. The molecule has 0 bridgehead atoms. The molecule has 4 nitrogen and oxygen atoms in total. The third kappa shape index (κ3) is 4.48. The summed E-state index contributed by atoms with van der Waals surface area (Å²) in [5.41, 5.74) is 6.65. The SMILES string of the molecule is COC(=O)c1cccc(CN2C(=O)/C(=C/c3ccccc3-c3ccc(Cl)cc3)c3ccccc32)c1. The summed E-state index contributed by atoms with van der Waals surface area (Å²) in [7, 11) is 1.36. The molecule has 0 radical (unpaired) electrons. The molecule has 0 saturated carbocycles. The number of para-hydroxylation sites is 1. The molecule has 0 aliphatic carbocycles. The molecule has 0 fully saturated rings. The van der Waals surface area contributed by atoms with Crippen molar-refractivity contribution in [3.63, 3.8) is 0 Å². The van der Waals surface area contributed by atoms with Crippen molar-refractivity contribution in [1.29, 1.82) is 0 Å². The molecule has 1 aliphatic rings. The zero-order chi connectivity index (χ0) is 24.4. The van der Waals surface area contributed by atoms with Crippen LogP contribution >= 0.6 is 11.6 Å². The van der Waals surface area contributed by atoms with Crippen molar-refractivity contribution in [2.24, 2.45) is 0 Å². The molecule has 0 spiro atoms. The lowest BCUT2D eigenvalue weighted by Crippen LogP contribution is -2.25. The Morgan fingerprint density at radius 2 is 1.60 bits per heavy atom. The monoisotopic (exact) mass is 479 g/mol. The molecule has 1 aliphatic heterocycles. The van der Waals surface area contributed by atoms with Gasteiger partial charge in [0.15, 0.2) is 0 Å². The number of methoxy groups -OCH3 is 1. The van der Waals surface area contributed by atoms with E-state index in [1.165, 1.54) is 7.11 Å². The number of nitrogens with zero attached hydrogens (tertiary/aromatic N) is 1. The molecule has 5 heteroatoms. The first-order chi connectivity index (χ1) is 17.0. The predicted molar refractivity (Wildman–Crippen MR) is 140 cm³/mol. The van der Waals surface area contributed by atoms with Crippen LogP contribution in [-0.4, -0.2) is 19.0 Å². The van der Waals surface area contributed by atoms with Crippen molar-refractivity contribution in [3.05, 3.63) is 124 Å². The maximum Gasteiger partial charge on any atom is 0.337 e. The standard InChI is InChI=1S/C30H22ClNO3/c1-35-30(34)23-9-6-7-20(17-23)19-32-28-12-5-4-11-26(28)27(29(32)33)18-22-8-2-3-10-25(22)21-13-15-24(31)16-14-21/h2-18H,19H2,1H3/b27-18+. The molecule has 172 valence electrons. The number of hydrogen-bond donors (Lipinski definition) is 0. The van der Waals surface area contributed by atoms with Crippen LogP contribution in [0, 0.1) is 0 Å². The molecule has 0 unspecified atom stereocenters. The number of esters is 1. The van der Waals surface area contributed by atoms with E-state index >= 15 is 0 Å². The Morgan fingerprint density at radius 1 is 0.886 bits per heavy atom. The van der Waals surface area contributed by atoms with Gasteiger partial charge in [-0.05, 0) is 58.7 Å². The maximum atomic E-state index is 13.7. The van der Waals surface area contributed by atoms with E-state index < -0.39 is 5.97 Å². The Labute approximate surface area is 209 Å². The fourth-order valence-electron chi connectivity index (χ4n) is 4.37. The fourth-order valence-corrected chi connectivity index (χ4v) is 4.50. The zero-order valence-corrected chi connectivity index (χ0v) is 19.8. The summed E-state index contributed by atoms with van der Waals surface area (Å²) in [6, 6.07) is 30.6. The molecule has 4 aromatic rings. The minimum absolute atomic E-state index is 0.0828. The Morgan fingerprint density at radius 3 is 2.37 bits per heavy atom. The highest BCUT2D eigenvalue weighted by molar-refractivity contribution is 6.36. The highest BCUT2D eigenvalue weighted by atomic mass is 35.5.